The summed E-state index contributed by atoms with van der Waals surface area (Å²) in [6.07, 6.45) is 1.47. The zero-order chi connectivity index (χ0) is 16.9. The maximum atomic E-state index is 12.4. The number of anilines is 1. The van der Waals surface area contributed by atoms with E-state index in [4.69, 9.17) is 11.5 Å². The number of carbonyl (C=O) groups is 1. The highest BCUT2D eigenvalue weighted by molar-refractivity contribution is 7.13. The van der Waals surface area contributed by atoms with Crippen molar-refractivity contribution in [1.82, 2.24) is 15.0 Å². The number of halogens is 2. The molecule has 0 fully saturated rings. The lowest BCUT2D eigenvalue weighted by atomic mass is 10.2. The van der Waals surface area contributed by atoms with Crippen LogP contribution in [0.25, 0.3) is 0 Å². The van der Waals surface area contributed by atoms with E-state index < -0.39 is 0 Å². The minimum atomic E-state index is -0.274. The standard InChI is InChI=1S/C15H15N7OS.2ClH/c16-13(17)22-15-21-11(8-24-15)12(23)10-7-19-14(20-10)18-6-9-4-2-1-3-5-9;;/h1-5,7-8H,6H2,(H2,18,19,20)(H4,16,17,21,22);2*1H. The number of aromatic nitrogens is 3. The smallest absolute Gasteiger partial charge is 0.230 e. The summed E-state index contributed by atoms with van der Waals surface area (Å²) in [4.78, 5) is 27.4. The van der Waals surface area contributed by atoms with E-state index in [2.05, 4.69) is 25.3 Å². The van der Waals surface area contributed by atoms with Crippen molar-refractivity contribution in [3.05, 3.63) is 58.9 Å². The molecule has 0 unspecified atom stereocenters. The Hall–Kier alpha value is -2.62. The highest BCUT2D eigenvalue weighted by Gasteiger charge is 2.16. The van der Waals surface area contributed by atoms with Gasteiger partial charge in [-0.25, -0.2) is 9.97 Å². The SMILES string of the molecule is Cl.Cl.NC(N)=Nc1nc(C(=O)c2cnc(NCc3ccccc3)[nH]2)cs1. The first-order chi connectivity index (χ1) is 11.6. The maximum absolute atomic E-state index is 12.4. The van der Waals surface area contributed by atoms with Crippen molar-refractivity contribution >= 4 is 59.0 Å². The van der Waals surface area contributed by atoms with Crippen molar-refractivity contribution in [3.63, 3.8) is 0 Å². The Bertz CT molecular complexity index is 875. The molecule has 0 atom stereocenters. The molecule has 0 radical (unpaired) electrons. The second-order valence-electron chi connectivity index (χ2n) is 4.87. The van der Waals surface area contributed by atoms with Gasteiger partial charge in [-0.2, -0.15) is 4.99 Å². The second kappa shape index (κ2) is 9.76. The lowest BCUT2D eigenvalue weighted by Gasteiger charge is -2.02. The third kappa shape index (κ3) is 5.45. The van der Waals surface area contributed by atoms with Crippen LogP contribution in [0.3, 0.4) is 0 Å². The number of imidazole rings is 1. The predicted molar refractivity (Wildman–Crippen MR) is 108 cm³/mol. The maximum Gasteiger partial charge on any atom is 0.230 e. The Balaban J connectivity index is 0.00000169. The minimum absolute atomic E-state index is 0. The third-order valence-corrected chi connectivity index (χ3v) is 3.81. The van der Waals surface area contributed by atoms with Crippen LogP contribution >= 0.6 is 36.2 Å². The second-order valence-corrected chi connectivity index (χ2v) is 5.70. The molecule has 138 valence electrons. The Labute approximate surface area is 166 Å². The Morgan fingerprint density at radius 3 is 2.65 bits per heavy atom. The number of benzene rings is 1. The third-order valence-electron chi connectivity index (χ3n) is 3.07. The number of hydrogen-bond donors (Lipinski definition) is 4. The molecule has 0 bridgehead atoms. The summed E-state index contributed by atoms with van der Waals surface area (Å²) in [6, 6.07) is 9.89. The molecule has 0 aliphatic heterocycles. The normalized spacial score (nSPS) is 9.54. The van der Waals surface area contributed by atoms with Crippen molar-refractivity contribution in [2.24, 2.45) is 16.5 Å². The van der Waals surface area contributed by atoms with E-state index in [9.17, 15) is 4.79 Å². The molecule has 0 amide bonds. The van der Waals surface area contributed by atoms with Gasteiger partial charge in [-0.05, 0) is 5.56 Å². The number of nitrogens with two attached hydrogens (primary N) is 2. The summed E-state index contributed by atoms with van der Waals surface area (Å²) in [6.45, 7) is 0.604. The number of nitrogens with zero attached hydrogens (tertiary/aromatic N) is 3. The summed E-state index contributed by atoms with van der Waals surface area (Å²) in [5.74, 6) is 0.141. The number of H-pyrrole nitrogens is 1. The van der Waals surface area contributed by atoms with Crippen molar-refractivity contribution in [2.75, 3.05) is 5.32 Å². The number of hydrogen-bond acceptors (Lipinski definition) is 6. The quantitative estimate of drug-likeness (QED) is 0.278. The molecule has 26 heavy (non-hydrogen) atoms. The van der Waals surface area contributed by atoms with Crippen LogP contribution in [0.15, 0.2) is 46.9 Å². The molecule has 1 aromatic carbocycles. The molecule has 2 heterocycles. The largest absolute Gasteiger partial charge is 0.370 e. The van der Waals surface area contributed by atoms with Gasteiger partial charge >= 0.3 is 0 Å². The molecule has 0 spiro atoms. The molecule has 11 heteroatoms. The average Bonchev–Trinajstić information content (AvgIpc) is 3.22. The van der Waals surface area contributed by atoms with Crippen LogP contribution in [-0.2, 0) is 6.54 Å². The van der Waals surface area contributed by atoms with Crippen molar-refractivity contribution in [3.8, 4) is 0 Å². The van der Waals surface area contributed by atoms with E-state index in [1.165, 1.54) is 17.5 Å². The molecule has 0 aliphatic carbocycles. The first kappa shape index (κ1) is 21.4. The van der Waals surface area contributed by atoms with Crippen molar-refractivity contribution < 1.29 is 4.79 Å². The van der Waals surface area contributed by atoms with Crippen LogP contribution in [-0.4, -0.2) is 26.7 Å². The topological polar surface area (TPSA) is 135 Å². The number of aromatic amines is 1. The van der Waals surface area contributed by atoms with Gasteiger partial charge in [0.05, 0.1) is 6.20 Å². The number of aliphatic imine (C=N–C) groups is 1. The van der Waals surface area contributed by atoms with Crippen LogP contribution in [0.2, 0.25) is 0 Å². The highest BCUT2D eigenvalue weighted by atomic mass is 35.5. The molecule has 8 nitrogen and oxygen atoms in total. The number of ketones is 1. The number of guanidine groups is 1. The van der Waals surface area contributed by atoms with Crippen LogP contribution < -0.4 is 16.8 Å². The average molecular weight is 414 g/mol. The fourth-order valence-corrected chi connectivity index (χ4v) is 2.66. The monoisotopic (exact) mass is 413 g/mol. The summed E-state index contributed by atoms with van der Waals surface area (Å²) < 4.78 is 0. The molecule has 3 aromatic rings. The van der Waals surface area contributed by atoms with Gasteiger partial charge in [-0.1, -0.05) is 30.3 Å². The first-order valence-electron chi connectivity index (χ1n) is 7.04. The Kier molecular flexibility index (Phi) is 8.04. The van der Waals surface area contributed by atoms with Gasteiger partial charge in [0.25, 0.3) is 0 Å². The van der Waals surface area contributed by atoms with Gasteiger partial charge in [0.1, 0.15) is 11.4 Å². The summed E-state index contributed by atoms with van der Waals surface area (Å²) >= 11 is 1.19. The molecule has 0 saturated carbocycles. The first-order valence-corrected chi connectivity index (χ1v) is 7.92. The van der Waals surface area contributed by atoms with Gasteiger partial charge in [0, 0.05) is 11.9 Å². The van der Waals surface area contributed by atoms with E-state index in [0.717, 1.165) is 5.56 Å². The number of thiazole rings is 1. The van der Waals surface area contributed by atoms with Gasteiger partial charge in [-0.15, -0.1) is 36.2 Å². The molecular weight excluding hydrogens is 397 g/mol. The predicted octanol–water partition coefficient (Wildman–Crippen LogP) is 2.46. The molecule has 0 aliphatic rings. The van der Waals surface area contributed by atoms with Crippen molar-refractivity contribution in [1.29, 1.82) is 0 Å². The van der Waals surface area contributed by atoms with E-state index in [0.29, 0.717) is 23.3 Å². The fourth-order valence-electron chi connectivity index (χ4n) is 1.98. The lowest BCUT2D eigenvalue weighted by Crippen LogP contribution is -2.21. The number of nitrogens with one attached hydrogen (secondary N) is 2. The fraction of sp³-hybridized carbons (Fsp3) is 0.0667. The Morgan fingerprint density at radius 1 is 1.23 bits per heavy atom. The van der Waals surface area contributed by atoms with E-state index in [1.807, 2.05) is 30.3 Å². The zero-order valence-corrected chi connectivity index (χ0v) is 15.8. The summed E-state index contributed by atoms with van der Waals surface area (Å²) in [5.41, 5.74) is 12.3. The molecule has 3 rings (SSSR count). The molecule has 6 N–H and O–H groups in total. The van der Waals surface area contributed by atoms with E-state index >= 15 is 0 Å². The number of carbonyl (C=O) groups excluding carboxylic acids is 1. The van der Waals surface area contributed by atoms with Crippen molar-refractivity contribution in [2.45, 2.75) is 6.54 Å². The van der Waals surface area contributed by atoms with Gasteiger partial charge < -0.3 is 21.8 Å². The van der Waals surface area contributed by atoms with Crippen LogP contribution in [0.5, 0.6) is 0 Å². The summed E-state index contributed by atoms with van der Waals surface area (Å²) in [7, 11) is 0. The van der Waals surface area contributed by atoms with Gasteiger partial charge in [0.15, 0.2) is 5.96 Å². The van der Waals surface area contributed by atoms with Gasteiger partial charge in [0.2, 0.25) is 16.9 Å². The molecule has 0 saturated heterocycles. The van der Waals surface area contributed by atoms with Crippen LogP contribution in [0.4, 0.5) is 11.1 Å². The van der Waals surface area contributed by atoms with Crippen LogP contribution in [0, 0.1) is 0 Å². The van der Waals surface area contributed by atoms with E-state index in [-0.39, 0.29) is 42.3 Å². The lowest BCUT2D eigenvalue weighted by molar-refractivity contribution is 0.103. The van der Waals surface area contributed by atoms with Crippen LogP contribution in [0.1, 0.15) is 21.7 Å². The number of rotatable bonds is 6. The Morgan fingerprint density at radius 2 is 1.96 bits per heavy atom. The zero-order valence-electron chi connectivity index (χ0n) is 13.4. The molecular formula is C15H17Cl2N7OS. The summed E-state index contributed by atoms with van der Waals surface area (Å²) in [5, 5.41) is 5.06. The highest BCUT2D eigenvalue weighted by Crippen LogP contribution is 2.20. The van der Waals surface area contributed by atoms with E-state index in [1.54, 1.807) is 5.38 Å². The molecule has 2 aromatic heterocycles. The minimum Gasteiger partial charge on any atom is -0.370 e. The van der Waals surface area contributed by atoms with Gasteiger partial charge in [-0.3, -0.25) is 4.79 Å².